The molecule has 0 bridgehead atoms. The zero-order valence-corrected chi connectivity index (χ0v) is 17.4. The van der Waals surface area contributed by atoms with Gasteiger partial charge in [0.25, 0.3) is 0 Å². The van der Waals surface area contributed by atoms with E-state index in [-0.39, 0.29) is 17.9 Å². The minimum atomic E-state index is -0.0489. The van der Waals surface area contributed by atoms with Crippen LogP contribution in [-0.4, -0.2) is 49.2 Å². The molecule has 0 spiro atoms. The van der Waals surface area contributed by atoms with Crippen molar-refractivity contribution in [3.8, 4) is 11.5 Å². The minimum absolute atomic E-state index is 0.00121. The maximum atomic E-state index is 12.5. The highest BCUT2D eigenvalue weighted by Gasteiger charge is 2.30. The summed E-state index contributed by atoms with van der Waals surface area (Å²) in [6.45, 7) is 10.7. The first kappa shape index (κ1) is 20.3. The van der Waals surface area contributed by atoms with E-state index in [0.717, 1.165) is 31.0 Å². The van der Waals surface area contributed by atoms with Crippen LogP contribution in [0.4, 0.5) is 0 Å². The number of hydrogen-bond donors (Lipinski definition) is 1. The second kappa shape index (κ2) is 8.70. The van der Waals surface area contributed by atoms with E-state index < -0.39 is 0 Å². The molecule has 5 nitrogen and oxygen atoms in total. The van der Waals surface area contributed by atoms with E-state index in [4.69, 9.17) is 21.1 Å². The van der Waals surface area contributed by atoms with Gasteiger partial charge >= 0.3 is 0 Å². The lowest BCUT2D eigenvalue weighted by molar-refractivity contribution is -0.121. The lowest BCUT2D eigenvalue weighted by Gasteiger charge is -2.43. The quantitative estimate of drug-likeness (QED) is 0.827. The third kappa shape index (κ3) is 5.29. The van der Waals surface area contributed by atoms with Crippen molar-refractivity contribution in [2.45, 2.75) is 52.0 Å². The summed E-state index contributed by atoms with van der Waals surface area (Å²) in [5.74, 6) is 1.93. The SMILES string of the molecule is CC1CCCN(C(C)(C)CNC(=O)Cc2cc(Cl)c3c(c2)OCCCO3)C1. The molecule has 1 fully saturated rings. The van der Waals surface area contributed by atoms with E-state index in [9.17, 15) is 4.79 Å². The minimum Gasteiger partial charge on any atom is -0.489 e. The van der Waals surface area contributed by atoms with E-state index in [1.54, 1.807) is 6.07 Å². The van der Waals surface area contributed by atoms with Crippen molar-refractivity contribution in [2.24, 2.45) is 5.92 Å². The van der Waals surface area contributed by atoms with Gasteiger partial charge in [0.2, 0.25) is 5.91 Å². The molecule has 27 heavy (non-hydrogen) atoms. The summed E-state index contributed by atoms with van der Waals surface area (Å²) in [5.41, 5.74) is 0.790. The van der Waals surface area contributed by atoms with Crippen molar-refractivity contribution in [1.29, 1.82) is 0 Å². The number of piperidine rings is 1. The third-order valence-corrected chi connectivity index (χ3v) is 5.74. The second-order valence-electron chi connectivity index (χ2n) is 8.41. The van der Waals surface area contributed by atoms with Crippen LogP contribution < -0.4 is 14.8 Å². The average Bonchev–Trinajstić information content (AvgIpc) is 2.86. The van der Waals surface area contributed by atoms with Crippen LogP contribution >= 0.6 is 11.6 Å². The Hall–Kier alpha value is -1.46. The largest absolute Gasteiger partial charge is 0.489 e. The molecule has 1 aromatic rings. The Kier molecular flexibility index (Phi) is 6.53. The van der Waals surface area contributed by atoms with E-state index in [1.165, 1.54) is 12.8 Å². The third-order valence-electron chi connectivity index (χ3n) is 5.46. The van der Waals surface area contributed by atoms with Gasteiger partial charge in [0.05, 0.1) is 24.7 Å². The summed E-state index contributed by atoms with van der Waals surface area (Å²) < 4.78 is 11.4. The number of ether oxygens (including phenoxy) is 2. The van der Waals surface area contributed by atoms with Crippen LogP contribution in [0.3, 0.4) is 0 Å². The van der Waals surface area contributed by atoms with Gasteiger partial charge in [-0.2, -0.15) is 0 Å². The van der Waals surface area contributed by atoms with Crippen LogP contribution in [0.15, 0.2) is 12.1 Å². The van der Waals surface area contributed by atoms with Crippen molar-refractivity contribution < 1.29 is 14.3 Å². The van der Waals surface area contributed by atoms with Gasteiger partial charge in [-0.25, -0.2) is 0 Å². The smallest absolute Gasteiger partial charge is 0.224 e. The molecule has 1 atom stereocenters. The summed E-state index contributed by atoms with van der Waals surface area (Å²) in [6.07, 6.45) is 3.63. The lowest BCUT2D eigenvalue weighted by Crippen LogP contribution is -2.54. The Morgan fingerprint density at radius 1 is 1.30 bits per heavy atom. The number of likely N-dealkylation sites (tertiary alicyclic amines) is 1. The van der Waals surface area contributed by atoms with Crippen molar-refractivity contribution in [1.82, 2.24) is 10.2 Å². The molecule has 1 aromatic carbocycles. The van der Waals surface area contributed by atoms with Gasteiger partial charge in [0.15, 0.2) is 11.5 Å². The van der Waals surface area contributed by atoms with Crippen molar-refractivity contribution in [3.05, 3.63) is 22.7 Å². The molecule has 6 heteroatoms. The molecule has 2 aliphatic rings. The van der Waals surface area contributed by atoms with Crippen LogP contribution in [-0.2, 0) is 11.2 Å². The van der Waals surface area contributed by atoms with Gasteiger partial charge in [0.1, 0.15) is 0 Å². The van der Waals surface area contributed by atoms with Crippen molar-refractivity contribution in [2.75, 3.05) is 32.8 Å². The Labute approximate surface area is 167 Å². The van der Waals surface area contributed by atoms with Gasteiger partial charge in [-0.1, -0.05) is 18.5 Å². The number of hydrogen-bond acceptors (Lipinski definition) is 4. The molecule has 1 amide bonds. The van der Waals surface area contributed by atoms with Crippen LogP contribution in [0.2, 0.25) is 5.02 Å². The van der Waals surface area contributed by atoms with E-state index in [2.05, 4.69) is 31.0 Å². The fraction of sp³-hybridized carbons (Fsp3) is 0.667. The summed E-state index contributed by atoms with van der Waals surface area (Å²) >= 11 is 6.32. The number of carbonyl (C=O) groups is 1. The van der Waals surface area contributed by atoms with E-state index >= 15 is 0 Å². The predicted octanol–water partition coefficient (Wildman–Crippen LogP) is 3.67. The van der Waals surface area contributed by atoms with Gasteiger partial charge in [-0.15, -0.1) is 0 Å². The predicted molar refractivity (Wildman–Crippen MR) is 108 cm³/mol. The fourth-order valence-electron chi connectivity index (χ4n) is 3.80. The summed E-state index contributed by atoms with van der Waals surface area (Å²) in [7, 11) is 0. The molecule has 0 radical (unpaired) electrons. The molecule has 150 valence electrons. The molecule has 2 heterocycles. The van der Waals surface area contributed by atoms with Crippen LogP contribution in [0.1, 0.15) is 45.6 Å². The lowest BCUT2D eigenvalue weighted by atomic mass is 9.93. The highest BCUT2D eigenvalue weighted by Crippen LogP contribution is 2.38. The number of carbonyl (C=O) groups excluding carboxylic acids is 1. The summed E-state index contributed by atoms with van der Waals surface area (Å²) in [6, 6.07) is 3.66. The Bertz CT molecular complexity index is 678. The molecule has 0 aliphatic carbocycles. The highest BCUT2D eigenvalue weighted by atomic mass is 35.5. The van der Waals surface area contributed by atoms with Gasteiger partial charge in [0, 0.05) is 25.0 Å². The molecule has 3 rings (SSSR count). The Balaban J connectivity index is 1.57. The van der Waals surface area contributed by atoms with Crippen LogP contribution in [0.25, 0.3) is 0 Å². The maximum Gasteiger partial charge on any atom is 0.224 e. The molecule has 0 saturated carbocycles. The molecule has 2 aliphatic heterocycles. The number of halogens is 1. The number of amides is 1. The van der Waals surface area contributed by atoms with E-state index in [1.807, 2.05) is 6.07 Å². The van der Waals surface area contributed by atoms with Crippen molar-refractivity contribution >= 4 is 17.5 Å². The topological polar surface area (TPSA) is 50.8 Å². The molecule has 1 N–H and O–H groups in total. The monoisotopic (exact) mass is 394 g/mol. The fourth-order valence-corrected chi connectivity index (χ4v) is 4.09. The summed E-state index contributed by atoms with van der Waals surface area (Å²) in [5, 5.41) is 3.60. The van der Waals surface area contributed by atoms with Crippen LogP contribution in [0, 0.1) is 5.92 Å². The highest BCUT2D eigenvalue weighted by molar-refractivity contribution is 6.32. The number of nitrogens with one attached hydrogen (secondary N) is 1. The average molecular weight is 395 g/mol. The molecular formula is C21H31ClN2O3. The number of benzene rings is 1. The van der Waals surface area contributed by atoms with Crippen LogP contribution in [0.5, 0.6) is 11.5 Å². The van der Waals surface area contributed by atoms with Gasteiger partial charge < -0.3 is 14.8 Å². The molecule has 1 saturated heterocycles. The zero-order valence-electron chi connectivity index (χ0n) is 16.6. The first-order chi connectivity index (χ1) is 12.8. The number of rotatable bonds is 5. The zero-order chi connectivity index (χ0) is 19.4. The Morgan fingerprint density at radius 3 is 2.85 bits per heavy atom. The van der Waals surface area contributed by atoms with Gasteiger partial charge in [-0.3, -0.25) is 9.69 Å². The standard InChI is InChI=1S/C21H31ClN2O3/c1-15-6-4-7-24(13-15)21(2,3)14-23-19(25)12-16-10-17(22)20-18(11-16)26-8-5-9-27-20/h10-11,15H,4-9,12-14H2,1-3H3,(H,23,25). The first-order valence-electron chi connectivity index (χ1n) is 9.95. The van der Waals surface area contributed by atoms with E-state index in [0.29, 0.717) is 36.3 Å². The number of fused-ring (bicyclic) bond motifs is 1. The molecular weight excluding hydrogens is 364 g/mol. The maximum absolute atomic E-state index is 12.5. The molecule has 0 aromatic heterocycles. The van der Waals surface area contributed by atoms with Crippen molar-refractivity contribution in [3.63, 3.8) is 0 Å². The summed E-state index contributed by atoms with van der Waals surface area (Å²) in [4.78, 5) is 15.0. The normalized spacial score (nSPS) is 20.8. The molecule has 1 unspecified atom stereocenters. The number of nitrogens with zero attached hydrogens (tertiary/aromatic N) is 1. The van der Waals surface area contributed by atoms with Gasteiger partial charge in [-0.05, 0) is 56.8 Å². The Morgan fingerprint density at radius 2 is 2.07 bits per heavy atom. The second-order valence-corrected chi connectivity index (χ2v) is 8.82. The first-order valence-corrected chi connectivity index (χ1v) is 10.3.